The van der Waals surface area contributed by atoms with Crippen LogP contribution in [0.15, 0.2) is 47.3 Å². The maximum Gasteiger partial charge on any atom is 0.261 e. The first kappa shape index (κ1) is 17.1. The Bertz CT molecular complexity index is 1070. The summed E-state index contributed by atoms with van der Waals surface area (Å²) in [6.45, 7) is 0.400. The van der Waals surface area contributed by atoms with E-state index in [-0.39, 0.29) is 11.5 Å². The lowest BCUT2D eigenvalue weighted by atomic mass is 10.1. The number of hydrogen-bond acceptors (Lipinski definition) is 4. The van der Waals surface area contributed by atoms with Gasteiger partial charge in [-0.2, -0.15) is 0 Å². The molecular weight excluding hydrogens is 338 g/mol. The molecule has 1 aromatic heterocycles. The minimum absolute atomic E-state index is 0.198. The molecule has 3 aromatic rings. The highest BCUT2D eigenvalue weighted by atomic mass is 32.1. The van der Waals surface area contributed by atoms with Gasteiger partial charge in [0.1, 0.15) is 0 Å². The van der Waals surface area contributed by atoms with Crippen LogP contribution >= 0.6 is 12.2 Å². The summed E-state index contributed by atoms with van der Waals surface area (Å²) in [7, 11) is 3.21. The molecule has 128 valence electrons. The molecular formula is C18H17N3O3S. The lowest BCUT2D eigenvalue weighted by Gasteiger charge is -2.11. The Balaban J connectivity index is 1.97. The third kappa shape index (κ3) is 3.38. The molecule has 25 heavy (non-hydrogen) atoms. The zero-order valence-electron chi connectivity index (χ0n) is 13.8. The first-order chi connectivity index (χ1) is 12.0. The van der Waals surface area contributed by atoms with E-state index in [4.69, 9.17) is 17.0 Å². The number of benzene rings is 2. The minimum Gasteiger partial charge on any atom is -0.380 e. The Morgan fingerprint density at radius 3 is 2.80 bits per heavy atom. The molecule has 0 radical (unpaired) electrons. The quantitative estimate of drug-likeness (QED) is 0.706. The fourth-order valence-corrected chi connectivity index (χ4v) is 2.76. The number of nitrogens with zero attached hydrogens (tertiary/aromatic N) is 1. The molecule has 0 spiro atoms. The Morgan fingerprint density at radius 2 is 2.04 bits per heavy atom. The number of para-hydroxylation sites is 1. The molecule has 3 rings (SSSR count). The summed E-state index contributed by atoms with van der Waals surface area (Å²) >= 11 is 5.12. The SMILES string of the molecule is COCc1ccccc1NC(=O)c1ccc2c(=O)n(C)c(=S)[nH]c2c1. The van der Waals surface area contributed by atoms with Crippen LogP contribution in [0.25, 0.3) is 10.9 Å². The van der Waals surface area contributed by atoms with Gasteiger partial charge in [0.2, 0.25) is 0 Å². The summed E-state index contributed by atoms with van der Waals surface area (Å²) in [5, 5.41) is 3.35. The van der Waals surface area contributed by atoms with Crippen LogP contribution in [0.2, 0.25) is 0 Å². The summed E-state index contributed by atoms with van der Waals surface area (Å²) in [5.74, 6) is -0.273. The fraction of sp³-hybridized carbons (Fsp3) is 0.167. The predicted molar refractivity (Wildman–Crippen MR) is 99.5 cm³/mol. The van der Waals surface area contributed by atoms with Gasteiger partial charge in [0.05, 0.1) is 17.5 Å². The average molecular weight is 355 g/mol. The van der Waals surface area contributed by atoms with Crippen molar-refractivity contribution in [1.29, 1.82) is 0 Å². The minimum atomic E-state index is -0.273. The number of amides is 1. The predicted octanol–water partition coefficient (Wildman–Crippen LogP) is 2.99. The highest BCUT2D eigenvalue weighted by Crippen LogP contribution is 2.18. The second-order valence-corrected chi connectivity index (χ2v) is 5.99. The third-order valence-corrected chi connectivity index (χ3v) is 4.30. The van der Waals surface area contributed by atoms with E-state index in [2.05, 4.69) is 10.3 Å². The van der Waals surface area contributed by atoms with Gasteiger partial charge in [-0.15, -0.1) is 0 Å². The Morgan fingerprint density at radius 1 is 1.28 bits per heavy atom. The zero-order chi connectivity index (χ0) is 18.0. The van der Waals surface area contributed by atoms with E-state index in [1.165, 1.54) is 4.57 Å². The van der Waals surface area contributed by atoms with Crippen molar-refractivity contribution in [3.05, 3.63) is 68.7 Å². The molecule has 0 aliphatic rings. The zero-order valence-corrected chi connectivity index (χ0v) is 14.6. The molecule has 0 bridgehead atoms. The number of fused-ring (bicyclic) bond motifs is 1. The van der Waals surface area contributed by atoms with E-state index in [0.717, 1.165) is 5.56 Å². The number of nitrogens with one attached hydrogen (secondary N) is 2. The molecule has 0 unspecified atom stereocenters. The first-order valence-corrected chi connectivity index (χ1v) is 8.03. The third-order valence-electron chi connectivity index (χ3n) is 3.93. The van der Waals surface area contributed by atoms with Crippen molar-refractivity contribution < 1.29 is 9.53 Å². The van der Waals surface area contributed by atoms with Crippen LogP contribution in [0.1, 0.15) is 15.9 Å². The molecule has 1 heterocycles. The van der Waals surface area contributed by atoms with Crippen molar-refractivity contribution in [1.82, 2.24) is 9.55 Å². The molecule has 0 saturated heterocycles. The summed E-state index contributed by atoms with van der Waals surface area (Å²) in [4.78, 5) is 27.7. The Kier molecular flexibility index (Phi) is 4.78. The van der Waals surface area contributed by atoms with Crippen molar-refractivity contribution in [2.75, 3.05) is 12.4 Å². The molecule has 2 aromatic carbocycles. The van der Waals surface area contributed by atoms with Gasteiger partial charge in [-0.3, -0.25) is 14.2 Å². The van der Waals surface area contributed by atoms with Gasteiger partial charge in [0.25, 0.3) is 11.5 Å². The number of rotatable bonds is 4. The van der Waals surface area contributed by atoms with E-state index in [1.54, 1.807) is 32.4 Å². The smallest absolute Gasteiger partial charge is 0.261 e. The monoisotopic (exact) mass is 355 g/mol. The number of methoxy groups -OCH3 is 1. The van der Waals surface area contributed by atoms with Crippen molar-refractivity contribution >= 4 is 34.7 Å². The number of aromatic nitrogens is 2. The molecule has 0 saturated carbocycles. The number of carbonyl (C=O) groups excluding carboxylic acids is 1. The average Bonchev–Trinajstić information content (AvgIpc) is 2.61. The van der Waals surface area contributed by atoms with Crippen LogP contribution in [0.4, 0.5) is 5.69 Å². The number of aromatic amines is 1. The molecule has 0 atom stereocenters. The second-order valence-electron chi connectivity index (χ2n) is 5.60. The Labute approximate surface area is 149 Å². The molecule has 0 aliphatic heterocycles. The van der Waals surface area contributed by atoms with Gasteiger partial charge in [-0.25, -0.2) is 0 Å². The van der Waals surface area contributed by atoms with Crippen molar-refractivity contribution in [3.63, 3.8) is 0 Å². The van der Waals surface area contributed by atoms with Gasteiger partial charge < -0.3 is 15.0 Å². The lowest BCUT2D eigenvalue weighted by Crippen LogP contribution is -2.19. The van der Waals surface area contributed by atoms with E-state index < -0.39 is 0 Å². The number of ether oxygens (including phenoxy) is 1. The van der Waals surface area contributed by atoms with Crippen molar-refractivity contribution in [3.8, 4) is 0 Å². The van der Waals surface area contributed by atoms with E-state index in [0.29, 0.717) is 33.5 Å². The molecule has 6 nitrogen and oxygen atoms in total. The standard InChI is InChI=1S/C18H17N3O3S/c1-21-17(23)13-8-7-11(9-15(13)20-18(21)25)16(22)19-14-6-4-3-5-12(14)10-24-2/h3-9H,10H2,1-2H3,(H,19,22)(H,20,25). The molecule has 2 N–H and O–H groups in total. The normalized spacial score (nSPS) is 10.8. The van der Waals surface area contributed by atoms with Crippen molar-refractivity contribution in [2.45, 2.75) is 6.61 Å². The maximum absolute atomic E-state index is 12.6. The number of hydrogen-bond donors (Lipinski definition) is 2. The van der Waals surface area contributed by atoms with E-state index in [1.807, 2.05) is 24.3 Å². The number of carbonyl (C=O) groups is 1. The second kappa shape index (κ2) is 7.00. The van der Waals surface area contributed by atoms with Crippen molar-refractivity contribution in [2.24, 2.45) is 7.05 Å². The van der Waals surface area contributed by atoms with Crippen LogP contribution in [0.3, 0.4) is 0 Å². The summed E-state index contributed by atoms with van der Waals surface area (Å²) in [6.07, 6.45) is 0. The fourth-order valence-electron chi connectivity index (χ4n) is 2.57. The molecule has 1 amide bonds. The summed E-state index contributed by atoms with van der Waals surface area (Å²) in [6, 6.07) is 12.3. The highest BCUT2D eigenvalue weighted by molar-refractivity contribution is 7.71. The molecule has 0 fully saturated rings. The van der Waals surface area contributed by atoms with Crippen LogP contribution in [0.5, 0.6) is 0 Å². The van der Waals surface area contributed by atoms with Crippen LogP contribution in [-0.2, 0) is 18.4 Å². The molecule has 7 heteroatoms. The first-order valence-electron chi connectivity index (χ1n) is 7.62. The van der Waals surface area contributed by atoms with Crippen LogP contribution in [-0.4, -0.2) is 22.6 Å². The summed E-state index contributed by atoms with van der Waals surface area (Å²) < 4.78 is 6.81. The largest absolute Gasteiger partial charge is 0.380 e. The highest BCUT2D eigenvalue weighted by Gasteiger charge is 2.11. The Hall–Kier alpha value is -2.77. The van der Waals surface area contributed by atoms with Gasteiger partial charge in [0, 0.05) is 31.0 Å². The van der Waals surface area contributed by atoms with Gasteiger partial charge in [0.15, 0.2) is 4.77 Å². The maximum atomic E-state index is 12.6. The lowest BCUT2D eigenvalue weighted by molar-refractivity contribution is 0.102. The summed E-state index contributed by atoms with van der Waals surface area (Å²) in [5.41, 5.74) is 2.33. The van der Waals surface area contributed by atoms with Gasteiger partial charge >= 0.3 is 0 Å². The van der Waals surface area contributed by atoms with Crippen LogP contribution in [0, 0.1) is 4.77 Å². The topological polar surface area (TPSA) is 76.1 Å². The van der Waals surface area contributed by atoms with E-state index >= 15 is 0 Å². The molecule has 0 aliphatic carbocycles. The van der Waals surface area contributed by atoms with E-state index in [9.17, 15) is 9.59 Å². The van der Waals surface area contributed by atoms with Gasteiger partial charge in [-0.1, -0.05) is 18.2 Å². The van der Waals surface area contributed by atoms with Crippen LogP contribution < -0.4 is 10.9 Å². The van der Waals surface area contributed by atoms with Gasteiger partial charge in [-0.05, 0) is 36.5 Å². The number of H-pyrrole nitrogens is 1. The number of anilines is 1.